The lowest BCUT2D eigenvalue weighted by Crippen LogP contribution is -2.24. The Labute approximate surface area is 105 Å². The lowest BCUT2D eigenvalue weighted by molar-refractivity contribution is 0.0595. The van der Waals surface area contributed by atoms with Crippen LogP contribution in [-0.2, 0) is 4.74 Å². The third kappa shape index (κ3) is 1.94. The van der Waals surface area contributed by atoms with Crippen molar-refractivity contribution in [2.45, 2.75) is 25.4 Å². The fourth-order valence-electron chi connectivity index (χ4n) is 2.08. The van der Waals surface area contributed by atoms with E-state index < -0.39 is 0 Å². The third-order valence-electron chi connectivity index (χ3n) is 3.35. The average Bonchev–Trinajstić information content (AvgIpc) is 2.75. The highest BCUT2D eigenvalue weighted by Gasteiger charge is 2.19. The molecule has 0 bridgehead atoms. The number of hydrogen-bond acceptors (Lipinski definition) is 3. The lowest BCUT2D eigenvalue weighted by Gasteiger charge is -2.26. The van der Waals surface area contributed by atoms with Crippen LogP contribution in [0.5, 0.6) is 5.75 Å². The first kappa shape index (κ1) is 11.1. The van der Waals surface area contributed by atoms with Crippen LogP contribution in [0.25, 0.3) is 10.9 Å². The number of H-pyrrole nitrogens is 1. The van der Waals surface area contributed by atoms with Gasteiger partial charge in [0, 0.05) is 17.0 Å². The Balaban J connectivity index is 1.88. The Bertz CT molecular complexity index is 584. The van der Waals surface area contributed by atoms with Gasteiger partial charge in [0.25, 0.3) is 0 Å². The van der Waals surface area contributed by atoms with E-state index in [1.165, 1.54) is 13.5 Å². The molecule has 1 aliphatic rings. The predicted octanol–water partition coefficient (Wildman–Crippen LogP) is 2.89. The van der Waals surface area contributed by atoms with Crippen LogP contribution in [0.3, 0.4) is 0 Å². The molecule has 18 heavy (non-hydrogen) atoms. The van der Waals surface area contributed by atoms with Gasteiger partial charge in [-0.15, -0.1) is 0 Å². The van der Waals surface area contributed by atoms with E-state index in [1.54, 1.807) is 6.07 Å². The number of rotatable bonds is 3. The quantitative estimate of drug-likeness (QED) is 0.846. The number of carbonyl (C=O) groups excluding carboxylic acids is 1. The number of esters is 1. The van der Waals surface area contributed by atoms with Gasteiger partial charge in [0.2, 0.25) is 0 Å². The van der Waals surface area contributed by atoms with E-state index >= 15 is 0 Å². The van der Waals surface area contributed by atoms with Crippen LogP contribution in [0.1, 0.15) is 29.8 Å². The predicted molar refractivity (Wildman–Crippen MR) is 67.9 cm³/mol. The van der Waals surface area contributed by atoms with E-state index in [0.29, 0.717) is 11.8 Å². The van der Waals surface area contributed by atoms with Crippen LogP contribution in [0.4, 0.5) is 0 Å². The summed E-state index contributed by atoms with van der Waals surface area (Å²) in [4.78, 5) is 14.5. The lowest BCUT2D eigenvalue weighted by atomic mass is 9.96. The van der Waals surface area contributed by atoms with Gasteiger partial charge in [0.15, 0.2) is 0 Å². The molecule has 0 spiro atoms. The van der Waals surface area contributed by atoms with Crippen LogP contribution < -0.4 is 4.74 Å². The third-order valence-corrected chi connectivity index (χ3v) is 3.35. The molecule has 3 rings (SSSR count). The van der Waals surface area contributed by atoms with Crippen molar-refractivity contribution >= 4 is 16.9 Å². The highest BCUT2D eigenvalue weighted by molar-refractivity contribution is 5.95. The molecule has 0 unspecified atom stereocenters. The van der Waals surface area contributed by atoms with Gasteiger partial charge in [0.1, 0.15) is 11.4 Å². The molecule has 1 N–H and O–H groups in total. The van der Waals surface area contributed by atoms with Crippen molar-refractivity contribution in [2.75, 3.05) is 7.11 Å². The maximum Gasteiger partial charge on any atom is 0.354 e. The molecule has 0 saturated heterocycles. The SMILES string of the molecule is COC(=O)c1cc2ccc(OC3CCC3)cc2[nH]1. The van der Waals surface area contributed by atoms with Gasteiger partial charge in [-0.25, -0.2) is 4.79 Å². The maximum atomic E-state index is 11.4. The van der Waals surface area contributed by atoms with Gasteiger partial charge in [-0.05, 0) is 37.5 Å². The standard InChI is InChI=1S/C14H15NO3/c1-17-14(16)13-7-9-5-6-11(8-12(9)15-13)18-10-3-2-4-10/h5-8,10,15H,2-4H2,1H3. The minimum absolute atomic E-state index is 0.354. The molecule has 1 heterocycles. The fourth-order valence-corrected chi connectivity index (χ4v) is 2.08. The number of benzene rings is 1. The Morgan fingerprint density at radius 2 is 2.17 bits per heavy atom. The van der Waals surface area contributed by atoms with E-state index in [2.05, 4.69) is 9.72 Å². The number of ether oxygens (including phenoxy) is 2. The summed E-state index contributed by atoms with van der Waals surface area (Å²) >= 11 is 0. The molecule has 1 aromatic heterocycles. The van der Waals surface area contributed by atoms with E-state index in [0.717, 1.165) is 29.5 Å². The summed E-state index contributed by atoms with van der Waals surface area (Å²) in [5, 5.41) is 0.983. The molecule has 2 aromatic rings. The van der Waals surface area contributed by atoms with Crippen molar-refractivity contribution in [1.29, 1.82) is 0 Å². The first-order valence-corrected chi connectivity index (χ1v) is 6.14. The van der Waals surface area contributed by atoms with Crippen molar-refractivity contribution < 1.29 is 14.3 Å². The molecule has 4 nitrogen and oxygen atoms in total. The van der Waals surface area contributed by atoms with Gasteiger partial charge < -0.3 is 14.5 Å². The normalized spacial score (nSPS) is 15.4. The van der Waals surface area contributed by atoms with Crippen molar-refractivity contribution in [3.8, 4) is 5.75 Å². The summed E-state index contributed by atoms with van der Waals surface area (Å²) in [6.45, 7) is 0. The Morgan fingerprint density at radius 1 is 1.33 bits per heavy atom. The molecule has 0 atom stereocenters. The molecule has 4 heteroatoms. The zero-order chi connectivity index (χ0) is 12.5. The molecule has 0 aliphatic heterocycles. The molecule has 1 aromatic carbocycles. The van der Waals surface area contributed by atoms with Crippen LogP contribution in [-0.4, -0.2) is 24.2 Å². The molecule has 94 valence electrons. The summed E-state index contributed by atoms with van der Waals surface area (Å²) < 4.78 is 10.5. The molecule has 1 saturated carbocycles. The average molecular weight is 245 g/mol. The molecule has 1 aliphatic carbocycles. The second-order valence-corrected chi connectivity index (χ2v) is 4.59. The molecule has 0 radical (unpaired) electrons. The van der Waals surface area contributed by atoms with Gasteiger partial charge in [-0.2, -0.15) is 0 Å². The van der Waals surface area contributed by atoms with Crippen LogP contribution in [0.15, 0.2) is 24.3 Å². The van der Waals surface area contributed by atoms with Gasteiger partial charge in [-0.3, -0.25) is 0 Å². The highest BCUT2D eigenvalue weighted by Crippen LogP contribution is 2.27. The first-order chi connectivity index (χ1) is 8.76. The molecule has 0 amide bonds. The Morgan fingerprint density at radius 3 is 2.83 bits per heavy atom. The van der Waals surface area contributed by atoms with E-state index in [4.69, 9.17) is 4.74 Å². The number of aromatic amines is 1. The monoisotopic (exact) mass is 245 g/mol. The number of methoxy groups -OCH3 is 1. The summed E-state index contributed by atoms with van der Waals surface area (Å²) in [6.07, 6.45) is 3.88. The minimum atomic E-state index is -0.354. The zero-order valence-electron chi connectivity index (χ0n) is 10.2. The van der Waals surface area contributed by atoms with Crippen molar-refractivity contribution in [1.82, 2.24) is 4.98 Å². The van der Waals surface area contributed by atoms with Gasteiger partial charge >= 0.3 is 5.97 Å². The van der Waals surface area contributed by atoms with Gasteiger partial charge in [0.05, 0.1) is 13.2 Å². The largest absolute Gasteiger partial charge is 0.490 e. The van der Waals surface area contributed by atoms with E-state index in [-0.39, 0.29) is 5.97 Å². The summed E-state index contributed by atoms with van der Waals surface area (Å²) in [5.41, 5.74) is 1.36. The zero-order valence-corrected chi connectivity index (χ0v) is 10.2. The fraction of sp³-hybridized carbons (Fsp3) is 0.357. The number of nitrogens with one attached hydrogen (secondary N) is 1. The molecular formula is C14H15NO3. The maximum absolute atomic E-state index is 11.4. The highest BCUT2D eigenvalue weighted by atomic mass is 16.5. The second-order valence-electron chi connectivity index (χ2n) is 4.59. The Hall–Kier alpha value is -1.97. The number of aromatic nitrogens is 1. The minimum Gasteiger partial charge on any atom is -0.490 e. The summed E-state index contributed by atoms with van der Waals surface area (Å²) in [5.74, 6) is 0.498. The summed E-state index contributed by atoms with van der Waals surface area (Å²) in [6, 6.07) is 7.61. The van der Waals surface area contributed by atoms with Crippen LogP contribution in [0.2, 0.25) is 0 Å². The first-order valence-electron chi connectivity index (χ1n) is 6.14. The smallest absolute Gasteiger partial charge is 0.354 e. The van der Waals surface area contributed by atoms with Crippen molar-refractivity contribution in [3.05, 3.63) is 30.0 Å². The molecule has 1 fully saturated rings. The van der Waals surface area contributed by atoms with Gasteiger partial charge in [-0.1, -0.05) is 0 Å². The van der Waals surface area contributed by atoms with E-state index in [9.17, 15) is 4.79 Å². The Kier molecular flexibility index (Phi) is 2.70. The topological polar surface area (TPSA) is 51.3 Å². The number of carbonyl (C=O) groups is 1. The number of fused-ring (bicyclic) bond motifs is 1. The van der Waals surface area contributed by atoms with Crippen molar-refractivity contribution in [3.63, 3.8) is 0 Å². The molecular weight excluding hydrogens is 230 g/mol. The van der Waals surface area contributed by atoms with Crippen molar-refractivity contribution in [2.24, 2.45) is 0 Å². The van der Waals surface area contributed by atoms with E-state index in [1.807, 2.05) is 18.2 Å². The second kappa shape index (κ2) is 4.37. The van der Waals surface area contributed by atoms with Crippen LogP contribution >= 0.6 is 0 Å². The summed E-state index contributed by atoms with van der Waals surface area (Å²) in [7, 11) is 1.37. The van der Waals surface area contributed by atoms with Crippen LogP contribution in [0, 0.1) is 0 Å². The number of hydrogen-bond donors (Lipinski definition) is 1.